The largest absolute Gasteiger partial charge is 0.463 e. The van der Waals surface area contributed by atoms with Gasteiger partial charge in [-0.15, -0.1) is 0 Å². The second-order valence-electron chi connectivity index (χ2n) is 6.49. The normalized spacial score (nSPS) is 21.9. The van der Waals surface area contributed by atoms with Crippen LogP contribution in [0.2, 0.25) is 0 Å². The molecule has 0 aromatic carbocycles. The van der Waals surface area contributed by atoms with Gasteiger partial charge in [0.25, 0.3) is 0 Å². The molecule has 0 aromatic rings. The molecule has 0 saturated heterocycles. The van der Waals surface area contributed by atoms with Gasteiger partial charge in [0.15, 0.2) is 0 Å². The monoisotopic (exact) mass is 301 g/mol. The Morgan fingerprint density at radius 3 is 2.55 bits per heavy atom. The van der Waals surface area contributed by atoms with Crippen LogP contribution in [0.1, 0.15) is 48.0 Å². The summed E-state index contributed by atoms with van der Waals surface area (Å²) in [5.74, 6) is 0.155. The summed E-state index contributed by atoms with van der Waals surface area (Å²) in [7, 11) is -1.13. The van der Waals surface area contributed by atoms with Crippen molar-refractivity contribution < 1.29 is 13.7 Å². The van der Waals surface area contributed by atoms with Gasteiger partial charge in [-0.25, -0.2) is 13.3 Å². The van der Waals surface area contributed by atoms with Gasteiger partial charge in [-0.05, 0) is 40.0 Å². The van der Waals surface area contributed by atoms with E-state index in [2.05, 4.69) is 13.8 Å². The first-order valence-electron chi connectivity index (χ1n) is 7.24. The minimum absolute atomic E-state index is 0.103. The number of carbonyl (C=O) groups excluding carboxylic acids is 1. The highest BCUT2D eigenvalue weighted by Crippen LogP contribution is 2.30. The number of carbonyl (C=O) groups is 1. The molecule has 1 heterocycles. The fourth-order valence-electron chi connectivity index (χ4n) is 2.27. The quantitative estimate of drug-likeness (QED) is 0.733. The summed E-state index contributed by atoms with van der Waals surface area (Å²) in [6.45, 7) is 12.8. The number of rotatable bonds is 5. The third-order valence-electron chi connectivity index (χ3n) is 3.14. The summed E-state index contributed by atoms with van der Waals surface area (Å²) in [6.07, 6.45) is 2.68. The lowest BCUT2D eigenvalue weighted by molar-refractivity contribution is -0.138. The number of esters is 1. The van der Waals surface area contributed by atoms with E-state index < -0.39 is 11.0 Å². The second-order valence-corrected chi connectivity index (χ2v) is 8.68. The Bertz CT molecular complexity index is 410. The minimum Gasteiger partial charge on any atom is -0.463 e. The standard InChI is InChI=1S/C15H27NO3S/c1-7-19-14(17)12-8-9-16(13(12)10-11(2)3)20(18)15(4,5)6/h8,11,13H,7,9-10H2,1-6H3/t13-,20+/m0/s1. The van der Waals surface area contributed by atoms with E-state index in [1.807, 2.05) is 31.2 Å². The number of ether oxygens (including phenoxy) is 1. The van der Waals surface area contributed by atoms with Gasteiger partial charge in [-0.3, -0.25) is 0 Å². The summed E-state index contributed by atoms with van der Waals surface area (Å²) < 4.78 is 19.4. The average molecular weight is 301 g/mol. The van der Waals surface area contributed by atoms with Gasteiger partial charge >= 0.3 is 5.97 Å². The number of nitrogens with zero attached hydrogens (tertiary/aromatic N) is 1. The van der Waals surface area contributed by atoms with Crippen LogP contribution in [0.25, 0.3) is 0 Å². The highest BCUT2D eigenvalue weighted by Gasteiger charge is 2.39. The molecule has 0 fully saturated rings. The lowest BCUT2D eigenvalue weighted by Gasteiger charge is -2.32. The molecular weight excluding hydrogens is 274 g/mol. The Balaban J connectivity index is 2.95. The minimum atomic E-state index is -1.13. The highest BCUT2D eigenvalue weighted by atomic mass is 32.2. The van der Waals surface area contributed by atoms with Gasteiger partial charge in [-0.2, -0.15) is 0 Å². The molecule has 4 nitrogen and oxygen atoms in total. The Morgan fingerprint density at radius 2 is 2.10 bits per heavy atom. The van der Waals surface area contributed by atoms with Crippen molar-refractivity contribution in [2.24, 2.45) is 5.92 Å². The number of hydrogen-bond donors (Lipinski definition) is 0. The Labute approximate surface area is 125 Å². The molecule has 0 unspecified atom stereocenters. The maximum atomic E-state index is 12.6. The van der Waals surface area contributed by atoms with Crippen molar-refractivity contribution in [3.63, 3.8) is 0 Å². The van der Waals surface area contributed by atoms with Gasteiger partial charge in [0.1, 0.15) is 11.0 Å². The second kappa shape index (κ2) is 6.85. The predicted molar refractivity (Wildman–Crippen MR) is 82.6 cm³/mol. The first kappa shape index (κ1) is 17.4. The summed E-state index contributed by atoms with van der Waals surface area (Å²) in [4.78, 5) is 12.0. The van der Waals surface area contributed by atoms with E-state index in [0.717, 1.165) is 6.42 Å². The van der Waals surface area contributed by atoms with Crippen LogP contribution in [0.4, 0.5) is 0 Å². The maximum Gasteiger partial charge on any atom is 0.335 e. The summed E-state index contributed by atoms with van der Waals surface area (Å²) >= 11 is 0. The zero-order valence-corrected chi connectivity index (χ0v) is 14.3. The fraction of sp³-hybridized carbons (Fsp3) is 0.800. The van der Waals surface area contributed by atoms with Crippen molar-refractivity contribution in [3.05, 3.63) is 11.6 Å². The van der Waals surface area contributed by atoms with Crippen molar-refractivity contribution >= 4 is 17.0 Å². The zero-order valence-electron chi connectivity index (χ0n) is 13.4. The first-order chi connectivity index (χ1) is 9.18. The van der Waals surface area contributed by atoms with E-state index in [4.69, 9.17) is 4.74 Å². The molecule has 116 valence electrons. The van der Waals surface area contributed by atoms with Crippen LogP contribution in [0.15, 0.2) is 11.6 Å². The molecule has 0 radical (unpaired) electrons. The van der Waals surface area contributed by atoms with Gasteiger partial charge in [-0.1, -0.05) is 19.9 Å². The van der Waals surface area contributed by atoms with Crippen LogP contribution < -0.4 is 0 Å². The van der Waals surface area contributed by atoms with Crippen molar-refractivity contribution in [2.75, 3.05) is 13.2 Å². The predicted octanol–water partition coefficient (Wildman–Crippen LogP) is 2.67. The van der Waals surface area contributed by atoms with E-state index in [1.165, 1.54) is 0 Å². The smallest absolute Gasteiger partial charge is 0.335 e. The van der Waals surface area contributed by atoms with Crippen LogP contribution in [0, 0.1) is 5.92 Å². The molecule has 0 aliphatic carbocycles. The summed E-state index contributed by atoms with van der Waals surface area (Å²) in [5.41, 5.74) is 0.665. The van der Waals surface area contributed by atoms with Crippen molar-refractivity contribution in [2.45, 2.75) is 58.8 Å². The number of hydrogen-bond acceptors (Lipinski definition) is 3. The maximum absolute atomic E-state index is 12.6. The van der Waals surface area contributed by atoms with Crippen LogP contribution in [0.5, 0.6) is 0 Å². The van der Waals surface area contributed by atoms with Gasteiger partial charge < -0.3 is 4.74 Å². The lowest BCUT2D eigenvalue weighted by atomic mass is 9.99. The lowest BCUT2D eigenvalue weighted by Crippen LogP contribution is -2.43. The van der Waals surface area contributed by atoms with Crippen LogP contribution in [0.3, 0.4) is 0 Å². The van der Waals surface area contributed by atoms with E-state index in [9.17, 15) is 9.00 Å². The molecule has 0 amide bonds. The molecule has 1 rings (SSSR count). The summed E-state index contributed by atoms with van der Waals surface area (Å²) in [6, 6.07) is -0.103. The van der Waals surface area contributed by atoms with Crippen LogP contribution >= 0.6 is 0 Å². The third-order valence-corrected chi connectivity index (χ3v) is 5.02. The van der Waals surface area contributed by atoms with Crippen LogP contribution in [-0.2, 0) is 20.5 Å². The van der Waals surface area contributed by atoms with E-state index >= 15 is 0 Å². The summed E-state index contributed by atoms with van der Waals surface area (Å²) in [5, 5.41) is 0. The Hall–Kier alpha value is -0.680. The van der Waals surface area contributed by atoms with Crippen molar-refractivity contribution in [1.82, 2.24) is 4.31 Å². The Kier molecular flexibility index (Phi) is 5.95. The zero-order chi connectivity index (χ0) is 15.5. The van der Waals surface area contributed by atoms with Gasteiger partial charge in [0.2, 0.25) is 0 Å². The molecule has 0 bridgehead atoms. The molecule has 0 spiro atoms. The average Bonchev–Trinajstić information content (AvgIpc) is 2.69. The molecule has 1 aliphatic rings. The van der Waals surface area contributed by atoms with Crippen molar-refractivity contribution in [1.29, 1.82) is 0 Å². The SMILES string of the molecule is CCOC(=O)C1=CCN([S@](=O)C(C)(C)C)[C@H]1CC(C)C. The molecule has 5 heteroatoms. The molecule has 0 aromatic heterocycles. The van der Waals surface area contributed by atoms with Crippen molar-refractivity contribution in [3.8, 4) is 0 Å². The molecule has 20 heavy (non-hydrogen) atoms. The fourth-order valence-corrected chi connectivity index (χ4v) is 3.61. The van der Waals surface area contributed by atoms with Crippen LogP contribution in [-0.4, -0.2) is 38.4 Å². The van der Waals surface area contributed by atoms with E-state index in [0.29, 0.717) is 24.6 Å². The van der Waals surface area contributed by atoms with E-state index in [-0.39, 0.29) is 16.8 Å². The first-order valence-corrected chi connectivity index (χ1v) is 8.35. The van der Waals surface area contributed by atoms with E-state index in [1.54, 1.807) is 6.92 Å². The third kappa shape index (κ3) is 4.16. The highest BCUT2D eigenvalue weighted by molar-refractivity contribution is 7.84. The molecular formula is C15H27NO3S. The van der Waals surface area contributed by atoms with Gasteiger partial charge in [0.05, 0.1) is 23.0 Å². The topological polar surface area (TPSA) is 46.6 Å². The van der Waals surface area contributed by atoms with Gasteiger partial charge in [0, 0.05) is 6.54 Å². The molecule has 0 N–H and O–H groups in total. The molecule has 2 atom stereocenters. The molecule has 0 saturated carbocycles. The Morgan fingerprint density at radius 1 is 1.50 bits per heavy atom. The molecule has 1 aliphatic heterocycles.